The number of carbonyl (C=O) groups excluding carboxylic acids is 1. The number of anilines is 4. The Hall–Kier alpha value is -2.83. The number of fused-ring (bicyclic) bond motifs is 2. The molecule has 0 atom stereocenters. The lowest BCUT2D eigenvalue weighted by Crippen LogP contribution is -2.28. The molecule has 0 saturated carbocycles. The van der Waals surface area contributed by atoms with E-state index in [-0.39, 0.29) is 5.91 Å². The number of aromatic nitrogens is 2. The fourth-order valence-corrected chi connectivity index (χ4v) is 3.43. The zero-order valence-electron chi connectivity index (χ0n) is 14.3. The van der Waals surface area contributed by atoms with E-state index in [1.807, 2.05) is 54.4 Å². The minimum absolute atomic E-state index is 0.162. The van der Waals surface area contributed by atoms with E-state index < -0.39 is 0 Å². The molecule has 1 amide bonds. The number of rotatable bonds is 3. The Morgan fingerprint density at radius 2 is 1.88 bits per heavy atom. The van der Waals surface area contributed by atoms with Gasteiger partial charge in [-0.2, -0.15) is 0 Å². The first-order valence-corrected chi connectivity index (χ1v) is 8.67. The van der Waals surface area contributed by atoms with Crippen molar-refractivity contribution in [2.24, 2.45) is 5.73 Å². The van der Waals surface area contributed by atoms with Gasteiger partial charge in [0.2, 0.25) is 0 Å². The van der Waals surface area contributed by atoms with Crippen LogP contribution in [0, 0.1) is 0 Å². The van der Waals surface area contributed by atoms with Gasteiger partial charge in [0.05, 0.1) is 17.7 Å². The largest absolute Gasteiger partial charge is 0.329 e. The van der Waals surface area contributed by atoms with Gasteiger partial charge in [-0.1, -0.05) is 29.8 Å². The first-order valence-electron chi connectivity index (χ1n) is 8.30. The maximum Gasteiger partial charge on any atom is 0.283 e. The van der Waals surface area contributed by atoms with Crippen molar-refractivity contribution >= 4 is 40.4 Å². The molecule has 0 saturated heterocycles. The summed E-state index contributed by atoms with van der Waals surface area (Å²) in [6, 6.07) is 15.0. The number of nitrogens with two attached hydrogens (primary N) is 1. The highest BCUT2D eigenvalue weighted by Gasteiger charge is 2.34. The van der Waals surface area contributed by atoms with Gasteiger partial charge in [-0.25, -0.2) is 4.98 Å². The zero-order chi connectivity index (χ0) is 18.3. The van der Waals surface area contributed by atoms with Crippen LogP contribution in [0.3, 0.4) is 0 Å². The van der Waals surface area contributed by atoms with E-state index in [0.717, 1.165) is 11.4 Å². The quantitative estimate of drug-likeness (QED) is 0.768. The van der Waals surface area contributed by atoms with Gasteiger partial charge in [0.15, 0.2) is 11.5 Å². The zero-order valence-corrected chi connectivity index (χ0v) is 15.0. The van der Waals surface area contributed by atoms with Crippen molar-refractivity contribution in [2.75, 3.05) is 23.4 Å². The second kappa shape index (κ2) is 6.48. The van der Waals surface area contributed by atoms with Gasteiger partial charge in [0.25, 0.3) is 5.91 Å². The molecular formula is C19H18ClN5O. The molecule has 3 aromatic rings. The second-order valence-electron chi connectivity index (χ2n) is 6.07. The van der Waals surface area contributed by atoms with E-state index in [4.69, 9.17) is 17.3 Å². The van der Waals surface area contributed by atoms with Crippen molar-refractivity contribution < 1.29 is 4.79 Å². The molecule has 1 aliphatic rings. The van der Waals surface area contributed by atoms with Crippen LogP contribution in [-0.4, -0.2) is 29.1 Å². The smallest absolute Gasteiger partial charge is 0.283 e. The van der Waals surface area contributed by atoms with E-state index in [2.05, 4.69) is 4.98 Å². The first kappa shape index (κ1) is 16.6. The van der Waals surface area contributed by atoms with Gasteiger partial charge >= 0.3 is 0 Å². The highest BCUT2D eigenvalue weighted by atomic mass is 35.5. The number of para-hydroxylation sites is 1. The van der Waals surface area contributed by atoms with Crippen LogP contribution in [0.4, 0.5) is 22.9 Å². The number of benzene rings is 2. The first-order chi connectivity index (χ1) is 12.6. The van der Waals surface area contributed by atoms with Gasteiger partial charge in [-0.15, -0.1) is 0 Å². The molecule has 0 fully saturated rings. The molecule has 0 spiro atoms. The molecule has 4 rings (SSSR count). The molecule has 132 valence electrons. The molecule has 1 aromatic heterocycles. The molecule has 2 N–H and O–H groups in total. The predicted molar refractivity (Wildman–Crippen MR) is 104 cm³/mol. The molecule has 7 heteroatoms. The van der Waals surface area contributed by atoms with Crippen LogP contribution >= 0.6 is 11.6 Å². The minimum Gasteiger partial charge on any atom is -0.329 e. The maximum absolute atomic E-state index is 13.6. The minimum atomic E-state index is -0.162. The van der Waals surface area contributed by atoms with Crippen LogP contribution in [0.5, 0.6) is 0 Å². The molecule has 0 bridgehead atoms. The molecule has 6 nitrogen and oxygen atoms in total. The average molecular weight is 368 g/mol. The molecule has 1 aliphatic heterocycles. The number of nitrogens with zero attached hydrogens (tertiary/aromatic N) is 4. The Morgan fingerprint density at radius 3 is 2.62 bits per heavy atom. The summed E-state index contributed by atoms with van der Waals surface area (Å²) in [5.41, 5.74) is 8.56. The normalized spacial score (nSPS) is 13.4. The molecule has 2 aromatic carbocycles. The molecule has 2 heterocycles. The number of imidazole rings is 1. The topological polar surface area (TPSA) is 67.4 Å². The van der Waals surface area contributed by atoms with Crippen LogP contribution in [-0.2, 0) is 6.54 Å². The third kappa shape index (κ3) is 2.55. The van der Waals surface area contributed by atoms with Gasteiger partial charge in [0.1, 0.15) is 0 Å². The summed E-state index contributed by atoms with van der Waals surface area (Å²) in [5, 5.41) is 0.565. The summed E-state index contributed by atoms with van der Waals surface area (Å²) in [6.45, 7) is 0.936. The van der Waals surface area contributed by atoms with E-state index >= 15 is 0 Å². The van der Waals surface area contributed by atoms with Crippen LogP contribution in [0.15, 0.2) is 54.9 Å². The Bertz CT molecular complexity index is 969. The van der Waals surface area contributed by atoms with Gasteiger partial charge < -0.3 is 15.2 Å². The Labute approximate surface area is 156 Å². The van der Waals surface area contributed by atoms with Crippen LogP contribution in [0.1, 0.15) is 10.5 Å². The maximum atomic E-state index is 13.6. The highest BCUT2D eigenvalue weighted by molar-refractivity contribution is 6.31. The van der Waals surface area contributed by atoms with Crippen molar-refractivity contribution in [3.05, 3.63) is 65.6 Å². The number of hydrogen-bond acceptors (Lipinski definition) is 4. The third-order valence-electron chi connectivity index (χ3n) is 4.47. The van der Waals surface area contributed by atoms with Crippen molar-refractivity contribution in [2.45, 2.75) is 6.54 Å². The summed E-state index contributed by atoms with van der Waals surface area (Å²) in [4.78, 5) is 21.6. The predicted octanol–water partition coefficient (Wildman–Crippen LogP) is 3.56. The lowest BCUT2D eigenvalue weighted by atomic mass is 10.2. The Morgan fingerprint density at radius 1 is 1.12 bits per heavy atom. The van der Waals surface area contributed by atoms with Crippen LogP contribution in [0.2, 0.25) is 5.02 Å². The highest BCUT2D eigenvalue weighted by Crippen LogP contribution is 2.43. The van der Waals surface area contributed by atoms with E-state index in [1.54, 1.807) is 21.9 Å². The van der Waals surface area contributed by atoms with Gasteiger partial charge in [0, 0.05) is 30.8 Å². The molecule has 26 heavy (non-hydrogen) atoms. The standard InChI is InChI=1S/C19H18ClN5O/c1-23-15-8-7-13(20)11-16(15)25(14-5-3-2-4-6-14)19(26)17-18(23)22-12-24(17)10-9-21/h2-8,11-12H,9-10,21H2,1H3. The summed E-state index contributed by atoms with van der Waals surface area (Å²) in [6.07, 6.45) is 1.66. The molecule has 0 aliphatic carbocycles. The van der Waals surface area contributed by atoms with Crippen molar-refractivity contribution in [3.8, 4) is 0 Å². The van der Waals surface area contributed by atoms with Crippen molar-refractivity contribution in [3.63, 3.8) is 0 Å². The number of amides is 1. The number of carbonyl (C=O) groups is 1. The van der Waals surface area contributed by atoms with Crippen molar-refractivity contribution in [1.29, 1.82) is 0 Å². The molecular weight excluding hydrogens is 350 g/mol. The van der Waals surface area contributed by atoms with E-state index in [0.29, 0.717) is 35.3 Å². The fraction of sp³-hybridized carbons (Fsp3) is 0.158. The number of hydrogen-bond donors (Lipinski definition) is 1. The van der Waals surface area contributed by atoms with Crippen LogP contribution < -0.4 is 15.5 Å². The van der Waals surface area contributed by atoms with E-state index in [1.165, 1.54) is 0 Å². The Balaban J connectivity index is 2.00. The van der Waals surface area contributed by atoms with Gasteiger partial charge in [-0.05, 0) is 30.3 Å². The third-order valence-corrected chi connectivity index (χ3v) is 4.70. The monoisotopic (exact) mass is 367 g/mol. The summed E-state index contributed by atoms with van der Waals surface area (Å²) in [7, 11) is 1.90. The second-order valence-corrected chi connectivity index (χ2v) is 6.50. The lowest BCUT2D eigenvalue weighted by molar-refractivity contribution is 0.0992. The summed E-state index contributed by atoms with van der Waals surface area (Å²) >= 11 is 6.25. The fourth-order valence-electron chi connectivity index (χ4n) is 3.27. The molecule has 0 unspecified atom stereocenters. The Kier molecular flexibility index (Phi) is 4.14. The van der Waals surface area contributed by atoms with Crippen LogP contribution in [0.25, 0.3) is 0 Å². The average Bonchev–Trinajstić information content (AvgIpc) is 3.03. The number of halogens is 1. The summed E-state index contributed by atoms with van der Waals surface area (Å²) in [5.74, 6) is 0.440. The summed E-state index contributed by atoms with van der Waals surface area (Å²) < 4.78 is 1.80. The molecule has 0 radical (unpaired) electrons. The van der Waals surface area contributed by atoms with E-state index in [9.17, 15) is 4.79 Å². The lowest BCUT2D eigenvalue weighted by Gasteiger charge is -2.25. The SMILES string of the molecule is CN1c2ccc(Cl)cc2N(c2ccccc2)C(=O)c2c1ncn2CCN. The van der Waals surface area contributed by atoms with Crippen molar-refractivity contribution in [1.82, 2.24) is 9.55 Å². The van der Waals surface area contributed by atoms with Gasteiger partial charge in [-0.3, -0.25) is 9.69 Å².